The van der Waals surface area contributed by atoms with Gasteiger partial charge in [-0.2, -0.15) is 0 Å². The maximum atomic E-state index is 6.04. The van der Waals surface area contributed by atoms with Crippen molar-refractivity contribution in [1.82, 2.24) is 4.48 Å². The van der Waals surface area contributed by atoms with Crippen molar-refractivity contribution in [1.29, 1.82) is 0 Å². The van der Waals surface area contributed by atoms with Crippen LogP contribution in [0.25, 0.3) is 0 Å². The van der Waals surface area contributed by atoms with Gasteiger partial charge in [-0.05, 0) is 56.7 Å². The van der Waals surface area contributed by atoms with Gasteiger partial charge in [0.25, 0.3) is 6.67 Å². The van der Waals surface area contributed by atoms with Gasteiger partial charge in [0.05, 0.1) is 19.7 Å². The molecular formula is C23H30N2O3+. The van der Waals surface area contributed by atoms with E-state index in [1.54, 1.807) is 21.3 Å². The number of quaternary nitrogens is 1. The van der Waals surface area contributed by atoms with E-state index < -0.39 is 5.91 Å². The minimum atomic E-state index is -0.955. The van der Waals surface area contributed by atoms with E-state index in [4.69, 9.17) is 14.2 Å². The highest BCUT2D eigenvalue weighted by molar-refractivity contribution is 5.63. The molecule has 0 amide bonds. The second kappa shape index (κ2) is 7.59. The number of benzene rings is 2. The summed E-state index contributed by atoms with van der Waals surface area (Å²) in [5, 5.41) is 0. The van der Waals surface area contributed by atoms with Gasteiger partial charge in [-0.1, -0.05) is 18.2 Å². The lowest BCUT2D eigenvalue weighted by Gasteiger charge is -2.52. The van der Waals surface area contributed by atoms with Crippen molar-refractivity contribution in [3.63, 3.8) is 0 Å². The fraction of sp³-hybridized carbons (Fsp3) is 0.348. The molecule has 1 atom stereocenters. The molecule has 5 nitrogen and oxygen atoms in total. The van der Waals surface area contributed by atoms with Crippen LogP contribution in [0.4, 0.5) is 11.4 Å². The molecule has 1 aliphatic heterocycles. The highest BCUT2D eigenvalue weighted by Crippen LogP contribution is 2.46. The Bertz CT molecular complexity index is 875. The molecule has 1 aliphatic rings. The van der Waals surface area contributed by atoms with Crippen molar-refractivity contribution in [2.75, 3.05) is 33.3 Å². The minimum Gasteiger partial charge on any atom is -0.496 e. The standard InChI is InChI=1S/C23H30N2O3/c1-17-15-20(13-14-22(17)26-5)24-16-25(4,21-11-9-8-10-12-21)23(27-6,28-7)18(2)19(24)3/h8-16H,1-7H3/q+1. The number of likely N-dealkylation sites (N-methyl/N-ethyl adjacent to an activating group) is 1. The average molecular weight is 383 g/mol. The fourth-order valence-electron chi connectivity index (χ4n) is 4.17. The van der Waals surface area contributed by atoms with Crippen molar-refractivity contribution in [3.8, 4) is 5.75 Å². The lowest BCUT2D eigenvalue weighted by atomic mass is 10.0. The third-order valence-electron chi connectivity index (χ3n) is 5.84. The van der Waals surface area contributed by atoms with Gasteiger partial charge in [-0.25, -0.2) is 4.48 Å². The summed E-state index contributed by atoms with van der Waals surface area (Å²) in [6.45, 7) is 8.36. The lowest BCUT2D eigenvalue weighted by molar-refractivity contribution is -0.252. The van der Waals surface area contributed by atoms with Crippen LogP contribution in [0.1, 0.15) is 19.4 Å². The number of ether oxygens (including phenoxy) is 3. The molecule has 1 heterocycles. The topological polar surface area (TPSA) is 30.9 Å². The van der Waals surface area contributed by atoms with Crippen LogP contribution < -0.4 is 14.1 Å². The average Bonchev–Trinajstić information content (AvgIpc) is 2.72. The Hall–Kier alpha value is -2.34. The molecule has 149 valence electrons. The number of anilines is 1. The maximum absolute atomic E-state index is 6.04. The van der Waals surface area contributed by atoms with Crippen LogP contribution >= 0.6 is 0 Å². The summed E-state index contributed by atoms with van der Waals surface area (Å²) in [6.07, 6.45) is 0. The molecule has 1 radical (unpaired) electrons. The van der Waals surface area contributed by atoms with E-state index in [0.717, 1.165) is 34.0 Å². The van der Waals surface area contributed by atoms with Crippen LogP contribution in [0.2, 0.25) is 0 Å². The number of hydrogen-bond acceptors (Lipinski definition) is 4. The third-order valence-corrected chi connectivity index (χ3v) is 5.84. The Morgan fingerprint density at radius 3 is 2.07 bits per heavy atom. The Morgan fingerprint density at radius 2 is 1.54 bits per heavy atom. The van der Waals surface area contributed by atoms with Gasteiger partial charge < -0.3 is 14.2 Å². The number of para-hydroxylation sites is 1. The van der Waals surface area contributed by atoms with Crippen LogP contribution in [-0.2, 0) is 9.47 Å². The van der Waals surface area contributed by atoms with Crippen LogP contribution in [0, 0.1) is 13.6 Å². The summed E-state index contributed by atoms with van der Waals surface area (Å²) >= 11 is 0. The maximum Gasteiger partial charge on any atom is 0.351 e. The predicted octanol–water partition coefficient (Wildman–Crippen LogP) is 4.82. The molecular weight excluding hydrogens is 352 g/mol. The molecule has 28 heavy (non-hydrogen) atoms. The first-order valence-corrected chi connectivity index (χ1v) is 9.34. The Morgan fingerprint density at radius 1 is 0.893 bits per heavy atom. The molecule has 0 spiro atoms. The second-order valence-corrected chi connectivity index (χ2v) is 7.25. The molecule has 0 saturated carbocycles. The Labute approximate surface area is 168 Å². The van der Waals surface area contributed by atoms with Gasteiger partial charge in [-0.3, -0.25) is 4.90 Å². The van der Waals surface area contributed by atoms with E-state index >= 15 is 0 Å². The number of hydrogen-bond donors (Lipinski definition) is 0. The van der Waals surface area contributed by atoms with Crippen LogP contribution in [0.5, 0.6) is 5.75 Å². The SMILES string of the molecule is COc1ccc(N2[CH][N+](C)(c3ccccc3)C(OC)(OC)C(C)=C2C)cc1C. The quantitative estimate of drug-likeness (QED) is 0.548. The summed E-state index contributed by atoms with van der Waals surface area (Å²) in [5.41, 5.74) is 5.30. The zero-order chi connectivity index (χ0) is 20.5. The lowest BCUT2D eigenvalue weighted by Crippen LogP contribution is -2.69. The van der Waals surface area contributed by atoms with E-state index in [0.29, 0.717) is 4.48 Å². The van der Waals surface area contributed by atoms with Crippen molar-refractivity contribution in [2.45, 2.75) is 26.7 Å². The monoisotopic (exact) mass is 382 g/mol. The van der Waals surface area contributed by atoms with Gasteiger partial charge in [-0.15, -0.1) is 0 Å². The summed E-state index contributed by atoms with van der Waals surface area (Å²) in [5.74, 6) is -0.0775. The van der Waals surface area contributed by atoms with Crippen molar-refractivity contribution in [2.24, 2.45) is 0 Å². The van der Waals surface area contributed by atoms with Crippen LogP contribution in [-0.4, -0.2) is 34.3 Å². The number of methoxy groups -OCH3 is 3. The summed E-state index contributed by atoms with van der Waals surface area (Å²) in [6, 6.07) is 16.5. The highest BCUT2D eigenvalue weighted by Gasteiger charge is 2.59. The van der Waals surface area contributed by atoms with E-state index in [2.05, 4.69) is 63.7 Å². The smallest absolute Gasteiger partial charge is 0.351 e. The van der Waals surface area contributed by atoms with Gasteiger partial charge in [0.1, 0.15) is 11.4 Å². The van der Waals surface area contributed by atoms with Gasteiger partial charge in [0.2, 0.25) is 0 Å². The molecule has 0 aromatic heterocycles. The normalized spacial score (nSPS) is 21.8. The summed E-state index contributed by atoms with van der Waals surface area (Å²) < 4.78 is 17.8. The molecule has 0 aliphatic carbocycles. The van der Waals surface area contributed by atoms with E-state index in [-0.39, 0.29) is 0 Å². The molecule has 1 unspecified atom stereocenters. The molecule has 0 saturated heterocycles. The summed E-state index contributed by atoms with van der Waals surface area (Å²) in [4.78, 5) is 2.20. The molecule has 3 rings (SSSR count). The van der Waals surface area contributed by atoms with E-state index in [1.807, 2.05) is 24.3 Å². The minimum absolute atomic E-state index is 0.315. The fourth-order valence-corrected chi connectivity index (χ4v) is 4.17. The first-order chi connectivity index (χ1) is 13.3. The molecule has 0 N–H and O–H groups in total. The first kappa shape index (κ1) is 20.4. The predicted molar refractivity (Wildman–Crippen MR) is 114 cm³/mol. The second-order valence-electron chi connectivity index (χ2n) is 7.25. The van der Waals surface area contributed by atoms with Crippen LogP contribution in [0.3, 0.4) is 0 Å². The largest absolute Gasteiger partial charge is 0.496 e. The Kier molecular flexibility index (Phi) is 5.53. The van der Waals surface area contributed by atoms with Crippen molar-refractivity contribution < 1.29 is 14.2 Å². The van der Waals surface area contributed by atoms with Gasteiger partial charge in [0, 0.05) is 25.6 Å². The molecule has 5 heteroatoms. The third kappa shape index (κ3) is 2.91. The molecule has 0 bridgehead atoms. The van der Waals surface area contributed by atoms with E-state index in [9.17, 15) is 0 Å². The number of nitrogens with zero attached hydrogens (tertiary/aromatic N) is 2. The van der Waals surface area contributed by atoms with Crippen LogP contribution in [0.15, 0.2) is 59.8 Å². The highest BCUT2D eigenvalue weighted by atomic mass is 16.7. The Balaban J connectivity index is 2.20. The summed E-state index contributed by atoms with van der Waals surface area (Å²) in [7, 11) is 7.18. The zero-order valence-corrected chi connectivity index (χ0v) is 17.8. The molecule has 2 aromatic rings. The van der Waals surface area contributed by atoms with Crippen molar-refractivity contribution in [3.05, 3.63) is 72.0 Å². The number of allylic oxidation sites excluding steroid dienone is 1. The zero-order valence-electron chi connectivity index (χ0n) is 17.8. The molecule has 2 aromatic carbocycles. The van der Waals surface area contributed by atoms with E-state index in [1.165, 1.54) is 0 Å². The molecule has 0 fully saturated rings. The van der Waals surface area contributed by atoms with Crippen molar-refractivity contribution >= 4 is 11.4 Å². The first-order valence-electron chi connectivity index (χ1n) is 9.34. The number of aryl methyl sites for hydroxylation is 1. The van der Waals surface area contributed by atoms with Gasteiger partial charge in [0.15, 0.2) is 0 Å². The van der Waals surface area contributed by atoms with Gasteiger partial charge >= 0.3 is 5.91 Å². The number of rotatable bonds is 5.